The highest BCUT2D eigenvalue weighted by Crippen LogP contribution is 2.39. The summed E-state index contributed by atoms with van der Waals surface area (Å²) in [6.07, 6.45) is 5.34. The zero-order valence-electron chi connectivity index (χ0n) is 12.4. The number of aliphatic hydroxyl groups is 1. The molecule has 1 saturated carbocycles. The smallest absolute Gasteiger partial charge is 0.0777 e. The predicted octanol–water partition coefficient (Wildman–Crippen LogP) is 2.43. The SMILES string of the molecule is COC1(C)CCCN(C2CC(C)(C)CCC2O)C1. The van der Waals surface area contributed by atoms with E-state index in [2.05, 4.69) is 25.7 Å². The van der Waals surface area contributed by atoms with Gasteiger partial charge in [-0.1, -0.05) is 13.8 Å². The molecule has 3 nitrogen and oxygen atoms in total. The van der Waals surface area contributed by atoms with Crippen LogP contribution in [0.1, 0.15) is 52.9 Å². The largest absolute Gasteiger partial charge is 0.391 e. The number of hydrogen-bond acceptors (Lipinski definition) is 3. The van der Waals surface area contributed by atoms with Gasteiger partial charge in [0.15, 0.2) is 0 Å². The molecule has 18 heavy (non-hydrogen) atoms. The standard InChI is InChI=1S/C15H29NO2/c1-14(2)8-6-13(17)12(10-14)16-9-5-7-15(3,11-16)18-4/h12-13,17H,5-11H2,1-4H3. The summed E-state index contributed by atoms with van der Waals surface area (Å²) in [5.41, 5.74) is 0.338. The van der Waals surface area contributed by atoms with Crippen molar-refractivity contribution in [1.29, 1.82) is 0 Å². The first-order valence-electron chi connectivity index (χ1n) is 7.33. The monoisotopic (exact) mass is 255 g/mol. The van der Waals surface area contributed by atoms with Gasteiger partial charge in [0.25, 0.3) is 0 Å². The number of aliphatic hydroxyl groups excluding tert-OH is 1. The molecule has 0 aromatic carbocycles. The molecule has 1 saturated heterocycles. The topological polar surface area (TPSA) is 32.7 Å². The summed E-state index contributed by atoms with van der Waals surface area (Å²) in [6.45, 7) is 8.91. The van der Waals surface area contributed by atoms with Crippen molar-refractivity contribution in [3.8, 4) is 0 Å². The summed E-state index contributed by atoms with van der Waals surface area (Å²) in [5.74, 6) is 0. The maximum atomic E-state index is 10.3. The van der Waals surface area contributed by atoms with Gasteiger partial charge in [0.1, 0.15) is 0 Å². The van der Waals surface area contributed by atoms with Crippen LogP contribution in [0.2, 0.25) is 0 Å². The summed E-state index contributed by atoms with van der Waals surface area (Å²) >= 11 is 0. The van der Waals surface area contributed by atoms with Gasteiger partial charge in [-0.2, -0.15) is 0 Å². The van der Waals surface area contributed by atoms with Gasteiger partial charge in [-0.3, -0.25) is 4.90 Å². The first kappa shape index (κ1) is 14.3. The Bertz CT molecular complexity index is 292. The number of methoxy groups -OCH3 is 1. The number of likely N-dealkylation sites (tertiary alicyclic amines) is 1. The molecule has 1 N–H and O–H groups in total. The van der Waals surface area contributed by atoms with E-state index in [-0.39, 0.29) is 11.7 Å². The van der Waals surface area contributed by atoms with Crippen LogP contribution >= 0.6 is 0 Å². The number of piperidine rings is 1. The zero-order valence-corrected chi connectivity index (χ0v) is 12.4. The van der Waals surface area contributed by atoms with Crippen molar-refractivity contribution in [3.05, 3.63) is 0 Å². The Labute approximate surface area is 112 Å². The summed E-state index contributed by atoms with van der Waals surface area (Å²) in [5, 5.41) is 10.3. The van der Waals surface area contributed by atoms with E-state index < -0.39 is 0 Å². The fourth-order valence-electron chi connectivity index (χ4n) is 3.60. The first-order valence-corrected chi connectivity index (χ1v) is 7.33. The normalized spacial score (nSPS) is 41.8. The average molecular weight is 255 g/mol. The van der Waals surface area contributed by atoms with Crippen molar-refractivity contribution in [2.75, 3.05) is 20.2 Å². The van der Waals surface area contributed by atoms with Crippen molar-refractivity contribution in [2.45, 2.75) is 70.6 Å². The lowest BCUT2D eigenvalue weighted by Gasteiger charge is -2.48. The van der Waals surface area contributed by atoms with E-state index in [1.165, 1.54) is 6.42 Å². The lowest BCUT2D eigenvalue weighted by molar-refractivity contribution is -0.0933. The minimum atomic E-state index is -0.155. The Hall–Kier alpha value is -0.120. The lowest BCUT2D eigenvalue weighted by atomic mass is 9.73. The molecule has 0 bridgehead atoms. The van der Waals surface area contributed by atoms with Crippen LogP contribution in [0, 0.1) is 5.41 Å². The molecule has 0 radical (unpaired) electrons. The average Bonchev–Trinajstić information content (AvgIpc) is 2.32. The van der Waals surface area contributed by atoms with Crippen molar-refractivity contribution in [2.24, 2.45) is 5.41 Å². The van der Waals surface area contributed by atoms with Crippen LogP contribution in [0.5, 0.6) is 0 Å². The number of nitrogens with zero attached hydrogens (tertiary/aromatic N) is 1. The fourth-order valence-corrected chi connectivity index (χ4v) is 3.60. The molecular formula is C15H29NO2. The Morgan fingerprint density at radius 1 is 1.22 bits per heavy atom. The maximum Gasteiger partial charge on any atom is 0.0777 e. The minimum absolute atomic E-state index is 0.0282. The highest BCUT2D eigenvalue weighted by molar-refractivity contribution is 4.95. The van der Waals surface area contributed by atoms with Crippen LogP contribution in [0.3, 0.4) is 0 Å². The van der Waals surface area contributed by atoms with Crippen LogP contribution in [-0.2, 0) is 4.74 Å². The molecule has 0 spiro atoms. The fraction of sp³-hybridized carbons (Fsp3) is 1.00. The molecule has 0 aromatic heterocycles. The summed E-state index contributed by atoms with van der Waals surface area (Å²) in [4.78, 5) is 2.47. The van der Waals surface area contributed by atoms with Crippen LogP contribution in [0.4, 0.5) is 0 Å². The molecule has 2 rings (SSSR count). The van der Waals surface area contributed by atoms with Crippen LogP contribution in [0.15, 0.2) is 0 Å². The molecule has 1 heterocycles. The number of rotatable bonds is 2. The second-order valence-corrected chi connectivity index (χ2v) is 7.27. The molecule has 3 unspecified atom stereocenters. The first-order chi connectivity index (χ1) is 8.35. The van der Waals surface area contributed by atoms with Crippen LogP contribution in [-0.4, -0.2) is 48.0 Å². The van der Waals surface area contributed by atoms with Gasteiger partial charge in [-0.15, -0.1) is 0 Å². The maximum absolute atomic E-state index is 10.3. The van der Waals surface area contributed by atoms with Crippen LogP contribution in [0.25, 0.3) is 0 Å². The van der Waals surface area contributed by atoms with Gasteiger partial charge >= 0.3 is 0 Å². The molecule has 3 atom stereocenters. The third-order valence-electron chi connectivity index (χ3n) is 4.97. The van der Waals surface area contributed by atoms with E-state index in [4.69, 9.17) is 4.74 Å². The van der Waals surface area contributed by atoms with Crippen molar-refractivity contribution >= 4 is 0 Å². The van der Waals surface area contributed by atoms with Gasteiger partial charge in [0.05, 0.1) is 11.7 Å². The van der Waals surface area contributed by atoms with Crippen molar-refractivity contribution in [3.63, 3.8) is 0 Å². The van der Waals surface area contributed by atoms with E-state index in [1.54, 1.807) is 0 Å². The Kier molecular flexibility index (Phi) is 4.05. The number of hydrogen-bond donors (Lipinski definition) is 1. The molecule has 106 valence electrons. The number of ether oxygens (including phenoxy) is 1. The molecule has 2 aliphatic rings. The van der Waals surface area contributed by atoms with Gasteiger partial charge in [-0.25, -0.2) is 0 Å². The van der Waals surface area contributed by atoms with Gasteiger partial charge in [-0.05, 0) is 51.0 Å². The van der Waals surface area contributed by atoms with E-state index in [0.717, 1.165) is 38.8 Å². The van der Waals surface area contributed by atoms with E-state index in [0.29, 0.717) is 11.5 Å². The minimum Gasteiger partial charge on any atom is -0.391 e. The molecule has 2 fully saturated rings. The third-order valence-corrected chi connectivity index (χ3v) is 4.97. The molecule has 3 heteroatoms. The predicted molar refractivity (Wildman–Crippen MR) is 73.6 cm³/mol. The Balaban J connectivity index is 2.05. The quantitative estimate of drug-likeness (QED) is 0.822. The highest BCUT2D eigenvalue weighted by atomic mass is 16.5. The molecule has 1 aliphatic heterocycles. The van der Waals surface area contributed by atoms with Gasteiger partial charge in [0, 0.05) is 19.7 Å². The molecule has 1 aliphatic carbocycles. The molecule has 0 amide bonds. The van der Waals surface area contributed by atoms with Gasteiger partial charge in [0.2, 0.25) is 0 Å². The Morgan fingerprint density at radius 3 is 2.61 bits per heavy atom. The summed E-state index contributed by atoms with van der Waals surface area (Å²) in [7, 11) is 1.81. The van der Waals surface area contributed by atoms with E-state index in [9.17, 15) is 5.11 Å². The third kappa shape index (κ3) is 3.06. The lowest BCUT2D eigenvalue weighted by Crippen LogP contribution is -2.56. The highest BCUT2D eigenvalue weighted by Gasteiger charge is 2.41. The Morgan fingerprint density at radius 2 is 1.94 bits per heavy atom. The molecular weight excluding hydrogens is 226 g/mol. The zero-order chi connectivity index (χ0) is 13.4. The van der Waals surface area contributed by atoms with Crippen molar-refractivity contribution < 1.29 is 9.84 Å². The summed E-state index contributed by atoms with van der Waals surface area (Å²) < 4.78 is 5.66. The van der Waals surface area contributed by atoms with E-state index in [1.807, 2.05) is 7.11 Å². The van der Waals surface area contributed by atoms with Gasteiger partial charge < -0.3 is 9.84 Å². The summed E-state index contributed by atoms with van der Waals surface area (Å²) in [6, 6.07) is 0.323. The second-order valence-electron chi connectivity index (χ2n) is 7.27. The van der Waals surface area contributed by atoms with Crippen molar-refractivity contribution in [1.82, 2.24) is 4.90 Å². The molecule has 0 aromatic rings. The van der Waals surface area contributed by atoms with Crippen LogP contribution < -0.4 is 0 Å². The van der Waals surface area contributed by atoms with E-state index >= 15 is 0 Å². The second kappa shape index (κ2) is 5.10.